The molecule has 0 aliphatic carbocycles. The number of ether oxygens (including phenoxy) is 2. The van der Waals surface area contributed by atoms with E-state index in [2.05, 4.69) is 0 Å². The summed E-state index contributed by atoms with van der Waals surface area (Å²) in [6.45, 7) is 1.84. The van der Waals surface area contributed by atoms with Crippen LogP contribution in [0.25, 0.3) is 11.1 Å². The molecule has 0 spiro atoms. The van der Waals surface area contributed by atoms with Crippen LogP contribution < -0.4 is 9.47 Å². The number of benzene rings is 2. The van der Waals surface area contributed by atoms with Gasteiger partial charge in [-0.1, -0.05) is 24.6 Å². The molecule has 4 nitrogen and oxygen atoms in total. The van der Waals surface area contributed by atoms with Gasteiger partial charge in [0.25, 0.3) is 5.91 Å². The van der Waals surface area contributed by atoms with Gasteiger partial charge in [0.2, 0.25) is 0 Å². The van der Waals surface area contributed by atoms with Crippen LogP contribution in [0.2, 0.25) is 5.02 Å². The molecule has 1 amide bonds. The van der Waals surface area contributed by atoms with Crippen LogP contribution >= 0.6 is 11.6 Å². The smallest absolute Gasteiger partial charge is 0.263 e. The third kappa shape index (κ3) is 4.42. The minimum absolute atomic E-state index is 0.177. The third-order valence-electron chi connectivity index (χ3n) is 3.72. The lowest BCUT2D eigenvalue weighted by Gasteiger charge is -2.21. The van der Waals surface area contributed by atoms with E-state index in [1.807, 2.05) is 6.92 Å². The summed E-state index contributed by atoms with van der Waals surface area (Å²) in [7, 11) is 4.83. The van der Waals surface area contributed by atoms with E-state index in [1.165, 1.54) is 24.1 Å². The lowest BCUT2D eigenvalue weighted by Crippen LogP contribution is -2.37. The molecule has 0 saturated heterocycles. The molecule has 0 heterocycles. The first kappa shape index (κ1) is 19.1. The van der Waals surface area contributed by atoms with Gasteiger partial charge in [-0.05, 0) is 36.2 Å². The zero-order valence-electron chi connectivity index (χ0n) is 14.7. The third-order valence-corrected chi connectivity index (χ3v) is 4.04. The molecule has 2 aromatic carbocycles. The van der Waals surface area contributed by atoms with Gasteiger partial charge in [0.05, 0.1) is 12.1 Å². The summed E-state index contributed by atoms with van der Waals surface area (Å²) >= 11 is 6.27. The Labute approximate surface area is 152 Å². The average molecular weight is 366 g/mol. The number of carbonyl (C=O) groups is 1. The van der Waals surface area contributed by atoms with Crippen LogP contribution in [0.4, 0.5) is 4.39 Å². The van der Waals surface area contributed by atoms with E-state index in [0.717, 1.165) is 0 Å². The van der Waals surface area contributed by atoms with Gasteiger partial charge in [-0.15, -0.1) is 0 Å². The minimum atomic E-state index is -0.683. The van der Waals surface area contributed by atoms with Crippen molar-refractivity contribution in [3.05, 3.63) is 47.2 Å². The Morgan fingerprint density at radius 2 is 2.00 bits per heavy atom. The number of hydrogen-bond acceptors (Lipinski definition) is 3. The molecule has 0 N–H and O–H groups in total. The molecule has 6 heteroatoms. The summed E-state index contributed by atoms with van der Waals surface area (Å²) in [4.78, 5) is 13.6. The second kappa shape index (κ2) is 8.21. The van der Waals surface area contributed by atoms with Crippen molar-refractivity contribution in [2.45, 2.75) is 19.4 Å². The normalized spacial score (nSPS) is 11.8. The van der Waals surface area contributed by atoms with Gasteiger partial charge < -0.3 is 14.4 Å². The van der Waals surface area contributed by atoms with E-state index >= 15 is 0 Å². The molecular weight excluding hydrogens is 345 g/mol. The van der Waals surface area contributed by atoms with Crippen molar-refractivity contribution in [2.75, 3.05) is 21.2 Å². The van der Waals surface area contributed by atoms with Gasteiger partial charge in [0.1, 0.15) is 17.3 Å². The molecular formula is C19H21ClFNO3. The number of carbonyl (C=O) groups excluding carboxylic acids is 1. The molecule has 2 aromatic rings. The lowest BCUT2D eigenvalue weighted by molar-refractivity contribution is -0.136. The largest absolute Gasteiger partial charge is 0.496 e. The molecule has 25 heavy (non-hydrogen) atoms. The van der Waals surface area contributed by atoms with Crippen molar-refractivity contribution in [1.29, 1.82) is 0 Å². The summed E-state index contributed by atoms with van der Waals surface area (Å²) < 4.78 is 25.2. The van der Waals surface area contributed by atoms with Gasteiger partial charge in [-0.2, -0.15) is 0 Å². The summed E-state index contributed by atoms with van der Waals surface area (Å²) in [6, 6.07) is 9.46. The highest BCUT2D eigenvalue weighted by Crippen LogP contribution is 2.38. The Morgan fingerprint density at radius 3 is 2.60 bits per heavy atom. The molecule has 134 valence electrons. The second-order valence-electron chi connectivity index (χ2n) is 5.74. The van der Waals surface area contributed by atoms with Crippen molar-refractivity contribution in [3.63, 3.8) is 0 Å². The standard InChI is InChI=1S/C19H21ClFNO3/c1-5-16(19(23)22(2)3)25-14-10-12(9-13(21)11-14)18-15(20)7-6-8-17(18)24-4/h6-11,16H,5H2,1-4H3. The fourth-order valence-corrected chi connectivity index (χ4v) is 2.77. The maximum Gasteiger partial charge on any atom is 0.263 e. The first-order valence-corrected chi connectivity index (χ1v) is 8.26. The van der Waals surface area contributed by atoms with Crippen LogP contribution in [0, 0.1) is 5.82 Å². The number of nitrogens with zero attached hydrogens (tertiary/aromatic N) is 1. The SMILES string of the molecule is CCC(Oc1cc(F)cc(-c2c(Cl)cccc2OC)c1)C(=O)N(C)C. The van der Waals surface area contributed by atoms with Crippen molar-refractivity contribution in [2.24, 2.45) is 0 Å². The van der Waals surface area contributed by atoms with Gasteiger partial charge in [-0.3, -0.25) is 4.79 Å². The summed E-state index contributed by atoms with van der Waals surface area (Å²) in [6.07, 6.45) is -0.212. The fraction of sp³-hybridized carbons (Fsp3) is 0.316. The number of halogens is 2. The fourth-order valence-electron chi connectivity index (χ4n) is 2.49. The molecule has 1 atom stereocenters. The zero-order valence-corrected chi connectivity index (χ0v) is 15.4. The molecule has 2 rings (SSSR count). The maximum atomic E-state index is 14.1. The van der Waals surface area contributed by atoms with E-state index in [9.17, 15) is 9.18 Å². The predicted octanol–water partition coefficient (Wildman–Crippen LogP) is 4.40. The van der Waals surface area contributed by atoms with E-state index in [1.54, 1.807) is 38.4 Å². The Balaban J connectivity index is 2.44. The van der Waals surface area contributed by atoms with Crippen LogP contribution in [0.5, 0.6) is 11.5 Å². The zero-order chi connectivity index (χ0) is 18.6. The highest BCUT2D eigenvalue weighted by Gasteiger charge is 2.21. The van der Waals surface area contributed by atoms with Gasteiger partial charge >= 0.3 is 0 Å². The highest BCUT2D eigenvalue weighted by molar-refractivity contribution is 6.33. The quantitative estimate of drug-likeness (QED) is 0.761. The second-order valence-corrected chi connectivity index (χ2v) is 6.15. The molecule has 0 aliphatic rings. The van der Waals surface area contributed by atoms with Crippen molar-refractivity contribution < 1.29 is 18.7 Å². The van der Waals surface area contributed by atoms with Crippen LogP contribution in [0.15, 0.2) is 36.4 Å². The van der Waals surface area contributed by atoms with E-state index < -0.39 is 11.9 Å². The highest BCUT2D eigenvalue weighted by atomic mass is 35.5. The van der Waals surface area contributed by atoms with Crippen molar-refractivity contribution >= 4 is 17.5 Å². The molecule has 0 fully saturated rings. The number of likely N-dealkylation sites (N-methyl/N-ethyl adjacent to an activating group) is 1. The van der Waals surface area contributed by atoms with E-state index in [0.29, 0.717) is 28.3 Å². The molecule has 0 aromatic heterocycles. The predicted molar refractivity (Wildman–Crippen MR) is 96.8 cm³/mol. The Hall–Kier alpha value is -2.27. The monoisotopic (exact) mass is 365 g/mol. The Bertz CT molecular complexity index is 764. The molecule has 0 bridgehead atoms. The van der Waals surface area contributed by atoms with Gasteiger partial charge in [-0.25, -0.2) is 4.39 Å². The summed E-state index contributed by atoms with van der Waals surface area (Å²) in [5.41, 5.74) is 1.09. The molecule has 0 radical (unpaired) electrons. The lowest BCUT2D eigenvalue weighted by atomic mass is 10.0. The topological polar surface area (TPSA) is 38.8 Å². The first-order chi connectivity index (χ1) is 11.9. The average Bonchev–Trinajstić information content (AvgIpc) is 2.58. The van der Waals surface area contributed by atoms with E-state index in [-0.39, 0.29) is 11.7 Å². The van der Waals surface area contributed by atoms with Crippen molar-refractivity contribution in [3.8, 4) is 22.6 Å². The van der Waals surface area contributed by atoms with E-state index in [4.69, 9.17) is 21.1 Å². The van der Waals surface area contributed by atoms with Crippen molar-refractivity contribution in [1.82, 2.24) is 4.90 Å². The van der Waals surface area contributed by atoms with Crippen LogP contribution in [0.1, 0.15) is 13.3 Å². The molecule has 1 unspecified atom stereocenters. The van der Waals surface area contributed by atoms with Gasteiger partial charge in [0, 0.05) is 25.7 Å². The van der Waals surface area contributed by atoms with Crippen LogP contribution in [-0.2, 0) is 4.79 Å². The van der Waals surface area contributed by atoms with Crippen LogP contribution in [0.3, 0.4) is 0 Å². The Kier molecular flexibility index (Phi) is 6.26. The summed E-state index contributed by atoms with van der Waals surface area (Å²) in [5.74, 6) is 0.129. The van der Waals surface area contributed by atoms with Gasteiger partial charge in [0.15, 0.2) is 6.10 Å². The number of amides is 1. The minimum Gasteiger partial charge on any atom is -0.496 e. The number of methoxy groups -OCH3 is 1. The number of hydrogen-bond donors (Lipinski definition) is 0. The Morgan fingerprint density at radius 1 is 1.28 bits per heavy atom. The molecule has 0 aliphatic heterocycles. The summed E-state index contributed by atoms with van der Waals surface area (Å²) in [5, 5.41) is 0.437. The first-order valence-electron chi connectivity index (χ1n) is 7.88. The molecule has 0 saturated carbocycles. The number of rotatable bonds is 6. The van der Waals surface area contributed by atoms with Crippen LogP contribution in [-0.4, -0.2) is 38.1 Å². The maximum absolute atomic E-state index is 14.1.